The number of nitrogens with two attached hydrogens (primary N) is 1. The quantitative estimate of drug-likeness (QED) is 0.553. The summed E-state index contributed by atoms with van der Waals surface area (Å²) < 4.78 is 4.92. The lowest BCUT2D eigenvalue weighted by Crippen LogP contribution is -2.13. The summed E-state index contributed by atoms with van der Waals surface area (Å²) >= 11 is 2.78. The molecule has 10 heteroatoms. The third kappa shape index (κ3) is 7.42. The SMILES string of the molecule is CCC(=O)Nc1ccccc1N.O=C(Nc1nccs1)OCc1nccs1. The van der Waals surface area contributed by atoms with Gasteiger partial charge in [-0.2, -0.15) is 0 Å². The van der Waals surface area contributed by atoms with E-state index in [1.54, 1.807) is 36.8 Å². The Kier molecular flexibility index (Phi) is 8.20. The Morgan fingerprint density at radius 2 is 1.85 bits per heavy atom. The monoisotopic (exact) mass is 405 g/mol. The van der Waals surface area contributed by atoms with Gasteiger partial charge in [0.15, 0.2) is 5.13 Å². The van der Waals surface area contributed by atoms with Crippen LogP contribution < -0.4 is 16.4 Å². The highest BCUT2D eigenvalue weighted by molar-refractivity contribution is 7.13. The minimum Gasteiger partial charge on any atom is -0.442 e. The molecular formula is C17H19N5O3S2. The van der Waals surface area contributed by atoms with Gasteiger partial charge in [0.25, 0.3) is 0 Å². The number of nitrogens with one attached hydrogen (secondary N) is 2. The van der Waals surface area contributed by atoms with Gasteiger partial charge < -0.3 is 15.8 Å². The van der Waals surface area contributed by atoms with Crippen molar-refractivity contribution in [2.24, 2.45) is 0 Å². The van der Waals surface area contributed by atoms with Crippen LogP contribution in [0.25, 0.3) is 0 Å². The lowest BCUT2D eigenvalue weighted by atomic mass is 10.2. The number of thiazole rings is 2. The smallest absolute Gasteiger partial charge is 0.413 e. The zero-order valence-electron chi connectivity index (χ0n) is 14.5. The summed E-state index contributed by atoms with van der Waals surface area (Å²) in [4.78, 5) is 30.1. The largest absolute Gasteiger partial charge is 0.442 e. The first-order valence-electron chi connectivity index (χ1n) is 7.94. The van der Waals surface area contributed by atoms with Crippen molar-refractivity contribution in [3.05, 3.63) is 52.4 Å². The van der Waals surface area contributed by atoms with E-state index in [2.05, 4.69) is 20.6 Å². The minimum absolute atomic E-state index is 0.0205. The minimum atomic E-state index is -0.514. The fourth-order valence-corrected chi connectivity index (χ4v) is 2.75. The number of carbonyl (C=O) groups is 2. The molecular weight excluding hydrogens is 386 g/mol. The number of hydrogen-bond acceptors (Lipinski definition) is 8. The molecule has 0 fully saturated rings. The topological polar surface area (TPSA) is 119 Å². The van der Waals surface area contributed by atoms with Crippen molar-refractivity contribution < 1.29 is 14.3 Å². The van der Waals surface area contributed by atoms with Gasteiger partial charge in [-0.05, 0) is 12.1 Å². The molecule has 1 aromatic carbocycles. The third-order valence-corrected chi connectivity index (χ3v) is 4.45. The van der Waals surface area contributed by atoms with Crippen LogP contribution in [-0.4, -0.2) is 22.0 Å². The molecule has 3 aromatic rings. The van der Waals surface area contributed by atoms with E-state index in [4.69, 9.17) is 10.5 Å². The van der Waals surface area contributed by atoms with Crippen LogP contribution in [0.15, 0.2) is 47.4 Å². The molecule has 0 radical (unpaired) electrons. The number of nitrogen functional groups attached to an aromatic ring is 1. The normalized spacial score (nSPS) is 9.67. The van der Waals surface area contributed by atoms with Crippen LogP contribution >= 0.6 is 22.7 Å². The highest BCUT2D eigenvalue weighted by Crippen LogP contribution is 2.16. The first-order chi connectivity index (χ1) is 13.1. The Hall–Kier alpha value is -2.98. The molecule has 4 N–H and O–H groups in total. The second-order valence-corrected chi connectivity index (χ2v) is 6.83. The van der Waals surface area contributed by atoms with E-state index in [0.717, 1.165) is 5.01 Å². The van der Waals surface area contributed by atoms with Crippen molar-refractivity contribution in [2.75, 3.05) is 16.4 Å². The number of nitrogens with zero attached hydrogens (tertiary/aromatic N) is 2. The Morgan fingerprint density at radius 3 is 2.48 bits per heavy atom. The summed E-state index contributed by atoms with van der Waals surface area (Å²) in [5.74, 6) is -0.0205. The number of aromatic nitrogens is 2. The Balaban J connectivity index is 0.000000199. The average Bonchev–Trinajstić information content (AvgIpc) is 3.36. The van der Waals surface area contributed by atoms with E-state index >= 15 is 0 Å². The van der Waals surface area contributed by atoms with Crippen LogP contribution in [0.5, 0.6) is 0 Å². The number of hydrogen-bond donors (Lipinski definition) is 3. The predicted octanol–water partition coefficient (Wildman–Crippen LogP) is 3.97. The van der Waals surface area contributed by atoms with Crippen molar-refractivity contribution in [3.63, 3.8) is 0 Å². The van der Waals surface area contributed by atoms with Crippen molar-refractivity contribution in [2.45, 2.75) is 20.0 Å². The Labute approximate surface area is 164 Å². The van der Waals surface area contributed by atoms with E-state index in [1.807, 2.05) is 17.5 Å². The number of anilines is 3. The van der Waals surface area contributed by atoms with Gasteiger partial charge in [-0.1, -0.05) is 19.1 Å². The van der Waals surface area contributed by atoms with Crippen molar-refractivity contribution in [1.82, 2.24) is 9.97 Å². The highest BCUT2D eigenvalue weighted by Gasteiger charge is 2.05. The van der Waals surface area contributed by atoms with Gasteiger partial charge in [0, 0.05) is 29.6 Å². The van der Waals surface area contributed by atoms with Gasteiger partial charge in [0.05, 0.1) is 11.4 Å². The molecule has 142 valence electrons. The van der Waals surface area contributed by atoms with E-state index in [0.29, 0.717) is 22.9 Å². The molecule has 27 heavy (non-hydrogen) atoms. The zero-order chi connectivity index (χ0) is 19.5. The molecule has 2 amide bonds. The van der Waals surface area contributed by atoms with Gasteiger partial charge in [-0.3, -0.25) is 10.1 Å². The average molecular weight is 406 g/mol. The molecule has 0 aliphatic rings. The number of rotatable bonds is 5. The summed E-state index contributed by atoms with van der Waals surface area (Å²) in [6, 6.07) is 7.20. The first-order valence-corrected chi connectivity index (χ1v) is 9.70. The second kappa shape index (κ2) is 10.9. The molecule has 0 saturated heterocycles. The molecule has 0 saturated carbocycles. The molecule has 0 unspecified atom stereocenters. The molecule has 3 rings (SSSR count). The summed E-state index contributed by atoms with van der Waals surface area (Å²) in [7, 11) is 0. The third-order valence-electron chi connectivity index (χ3n) is 3.01. The maximum Gasteiger partial charge on any atom is 0.413 e. The van der Waals surface area contributed by atoms with Crippen LogP contribution in [0, 0.1) is 0 Å². The Morgan fingerprint density at radius 1 is 1.11 bits per heavy atom. The van der Waals surface area contributed by atoms with Gasteiger partial charge >= 0.3 is 6.09 Å². The molecule has 0 atom stereocenters. The van der Waals surface area contributed by atoms with Gasteiger partial charge in [-0.25, -0.2) is 14.8 Å². The summed E-state index contributed by atoms with van der Waals surface area (Å²) in [5.41, 5.74) is 6.89. The molecule has 0 aliphatic heterocycles. The molecule has 0 aliphatic carbocycles. The summed E-state index contributed by atoms with van der Waals surface area (Å²) in [6.07, 6.45) is 3.23. The van der Waals surface area contributed by atoms with Gasteiger partial charge in [0.1, 0.15) is 11.6 Å². The Bertz CT molecular complexity index is 838. The summed E-state index contributed by atoms with van der Waals surface area (Å²) in [5, 5.41) is 10.1. The molecule has 0 bridgehead atoms. The van der Waals surface area contributed by atoms with Gasteiger partial charge in [0.2, 0.25) is 5.91 Å². The molecule has 2 aromatic heterocycles. The number of benzene rings is 1. The van der Waals surface area contributed by atoms with E-state index in [9.17, 15) is 9.59 Å². The van der Waals surface area contributed by atoms with Crippen LogP contribution in [0.1, 0.15) is 18.4 Å². The number of carbonyl (C=O) groups excluding carboxylic acids is 2. The number of ether oxygens (including phenoxy) is 1. The second-order valence-electron chi connectivity index (χ2n) is 4.95. The fourth-order valence-electron chi connectivity index (χ4n) is 1.71. The van der Waals surface area contributed by atoms with Crippen molar-refractivity contribution >= 4 is 51.2 Å². The van der Waals surface area contributed by atoms with Crippen LogP contribution in [0.3, 0.4) is 0 Å². The van der Waals surface area contributed by atoms with E-state index in [-0.39, 0.29) is 12.5 Å². The maximum absolute atomic E-state index is 11.2. The first kappa shape index (κ1) is 20.3. The lowest BCUT2D eigenvalue weighted by Gasteiger charge is -2.05. The summed E-state index contributed by atoms with van der Waals surface area (Å²) in [6.45, 7) is 1.99. The molecule has 8 nitrogen and oxygen atoms in total. The fraction of sp³-hybridized carbons (Fsp3) is 0.176. The number of amides is 2. The predicted molar refractivity (Wildman–Crippen MR) is 108 cm³/mol. The van der Waals surface area contributed by atoms with Crippen molar-refractivity contribution in [1.29, 1.82) is 0 Å². The van der Waals surface area contributed by atoms with Crippen LogP contribution in [-0.2, 0) is 16.1 Å². The number of para-hydroxylation sites is 2. The standard InChI is InChI=1S/C9H12N2O.C8H7N3O2S2/c1-2-9(12)11-8-6-4-3-5-7(8)10;12-8(11-7-10-2-4-15-7)13-5-6-9-1-3-14-6/h3-6H,2,10H2,1H3,(H,11,12);1-4H,5H2,(H,10,11,12). The van der Waals surface area contributed by atoms with E-state index < -0.39 is 6.09 Å². The van der Waals surface area contributed by atoms with Crippen molar-refractivity contribution in [3.8, 4) is 0 Å². The zero-order valence-corrected chi connectivity index (χ0v) is 16.2. The van der Waals surface area contributed by atoms with Gasteiger partial charge in [-0.15, -0.1) is 22.7 Å². The van der Waals surface area contributed by atoms with Crippen LogP contribution in [0.2, 0.25) is 0 Å². The molecule has 2 heterocycles. The maximum atomic E-state index is 11.2. The molecule has 0 spiro atoms. The highest BCUT2D eigenvalue weighted by atomic mass is 32.1. The lowest BCUT2D eigenvalue weighted by molar-refractivity contribution is -0.115. The van der Waals surface area contributed by atoms with Crippen LogP contribution in [0.4, 0.5) is 21.3 Å². The van der Waals surface area contributed by atoms with E-state index in [1.165, 1.54) is 22.7 Å².